The number of rotatable bonds is 6. The van der Waals surface area contributed by atoms with Crippen LogP contribution < -0.4 is 10.2 Å². The highest BCUT2D eigenvalue weighted by Gasteiger charge is 2.21. The average Bonchev–Trinajstić information content (AvgIpc) is 2.56. The molecule has 0 aliphatic carbocycles. The third kappa shape index (κ3) is 5.06. The van der Waals surface area contributed by atoms with E-state index in [9.17, 15) is 9.90 Å². The third-order valence-corrected chi connectivity index (χ3v) is 3.92. The summed E-state index contributed by atoms with van der Waals surface area (Å²) in [6, 6.07) is 9.72. The number of hydrogen-bond acceptors (Lipinski definition) is 4. The SMILES string of the molecule is CCN(CC(C)(C)O)C(=O)NCc1cc(N(C)C)nc2ccccc12. The molecule has 0 fully saturated rings. The first kappa shape index (κ1) is 19.0. The van der Waals surface area contributed by atoms with Gasteiger partial charge in [0.1, 0.15) is 5.82 Å². The predicted molar refractivity (Wildman–Crippen MR) is 102 cm³/mol. The maximum absolute atomic E-state index is 12.5. The first-order valence-electron chi connectivity index (χ1n) is 8.52. The Bertz CT molecular complexity index is 738. The van der Waals surface area contributed by atoms with E-state index in [0.717, 1.165) is 22.3 Å². The molecule has 0 aliphatic rings. The molecule has 0 saturated carbocycles. The molecule has 2 amide bonds. The number of anilines is 1. The van der Waals surface area contributed by atoms with E-state index in [1.807, 2.05) is 56.3 Å². The van der Waals surface area contributed by atoms with E-state index in [2.05, 4.69) is 10.3 Å². The van der Waals surface area contributed by atoms with Gasteiger partial charge in [-0.1, -0.05) is 18.2 Å². The summed E-state index contributed by atoms with van der Waals surface area (Å²) in [6.45, 7) is 6.53. The van der Waals surface area contributed by atoms with Crippen molar-refractivity contribution < 1.29 is 9.90 Å². The number of aromatic nitrogens is 1. The molecular weight excluding hydrogens is 316 g/mol. The number of amides is 2. The first-order valence-corrected chi connectivity index (χ1v) is 8.52. The molecule has 25 heavy (non-hydrogen) atoms. The second kappa shape index (κ2) is 7.70. The molecule has 0 spiro atoms. The molecule has 0 saturated heterocycles. The fourth-order valence-corrected chi connectivity index (χ4v) is 2.68. The summed E-state index contributed by atoms with van der Waals surface area (Å²) >= 11 is 0. The molecule has 2 aromatic rings. The lowest BCUT2D eigenvalue weighted by atomic mass is 10.1. The van der Waals surface area contributed by atoms with E-state index in [4.69, 9.17) is 0 Å². The summed E-state index contributed by atoms with van der Waals surface area (Å²) in [5.74, 6) is 0.854. The maximum Gasteiger partial charge on any atom is 0.317 e. The summed E-state index contributed by atoms with van der Waals surface area (Å²) in [6.07, 6.45) is 0. The van der Waals surface area contributed by atoms with Crippen LogP contribution in [0.1, 0.15) is 26.3 Å². The van der Waals surface area contributed by atoms with Gasteiger partial charge in [0.25, 0.3) is 0 Å². The van der Waals surface area contributed by atoms with Crippen LogP contribution in [0.4, 0.5) is 10.6 Å². The van der Waals surface area contributed by atoms with Gasteiger partial charge < -0.3 is 20.2 Å². The lowest BCUT2D eigenvalue weighted by Crippen LogP contribution is -2.46. The van der Waals surface area contributed by atoms with E-state index in [1.54, 1.807) is 18.7 Å². The van der Waals surface area contributed by atoms with Crippen LogP contribution in [0.3, 0.4) is 0 Å². The van der Waals surface area contributed by atoms with Crippen molar-refractivity contribution in [2.45, 2.75) is 32.9 Å². The Morgan fingerprint density at radius 2 is 1.96 bits per heavy atom. The van der Waals surface area contributed by atoms with E-state index in [-0.39, 0.29) is 12.6 Å². The van der Waals surface area contributed by atoms with Crippen molar-refractivity contribution in [3.05, 3.63) is 35.9 Å². The van der Waals surface area contributed by atoms with Crippen molar-refractivity contribution in [1.82, 2.24) is 15.2 Å². The standard InChI is InChI=1S/C19H28N4O2/c1-6-23(13-19(2,3)25)18(24)20-12-14-11-17(22(4)5)21-16-10-8-7-9-15(14)16/h7-11,25H,6,12-13H2,1-5H3,(H,20,24). The number of nitrogens with one attached hydrogen (secondary N) is 1. The summed E-state index contributed by atoms with van der Waals surface area (Å²) in [4.78, 5) is 20.6. The zero-order valence-corrected chi connectivity index (χ0v) is 15.7. The molecule has 1 aromatic carbocycles. The fraction of sp³-hybridized carbons (Fsp3) is 0.474. The van der Waals surface area contributed by atoms with Crippen LogP contribution in [0.15, 0.2) is 30.3 Å². The van der Waals surface area contributed by atoms with Crippen molar-refractivity contribution in [2.24, 2.45) is 0 Å². The van der Waals surface area contributed by atoms with Crippen LogP contribution in [0.2, 0.25) is 0 Å². The summed E-state index contributed by atoms with van der Waals surface area (Å²) < 4.78 is 0. The van der Waals surface area contributed by atoms with Crippen LogP contribution in [0.25, 0.3) is 10.9 Å². The minimum absolute atomic E-state index is 0.183. The molecular formula is C19H28N4O2. The van der Waals surface area contributed by atoms with Crippen molar-refractivity contribution in [2.75, 3.05) is 32.1 Å². The van der Waals surface area contributed by atoms with Gasteiger partial charge in [-0.3, -0.25) is 0 Å². The monoisotopic (exact) mass is 344 g/mol. The Balaban J connectivity index is 2.20. The molecule has 2 N–H and O–H groups in total. The highest BCUT2D eigenvalue weighted by atomic mass is 16.3. The smallest absolute Gasteiger partial charge is 0.317 e. The van der Waals surface area contributed by atoms with Crippen molar-refractivity contribution >= 4 is 22.8 Å². The van der Waals surface area contributed by atoms with Crippen LogP contribution >= 0.6 is 0 Å². The van der Waals surface area contributed by atoms with Gasteiger partial charge in [-0.2, -0.15) is 0 Å². The van der Waals surface area contributed by atoms with Gasteiger partial charge in [-0.15, -0.1) is 0 Å². The molecule has 1 heterocycles. The lowest BCUT2D eigenvalue weighted by Gasteiger charge is -2.28. The molecule has 0 radical (unpaired) electrons. The third-order valence-electron chi connectivity index (χ3n) is 3.92. The largest absolute Gasteiger partial charge is 0.389 e. The molecule has 0 bridgehead atoms. The number of nitrogens with zero attached hydrogens (tertiary/aromatic N) is 3. The number of pyridine rings is 1. The quantitative estimate of drug-likeness (QED) is 0.845. The summed E-state index contributed by atoms with van der Waals surface area (Å²) in [7, 11) is 3.89. The number of benzene rings is 1. The van der Waals surface area contributed by atoms with E-state index < -0.39 is 5.60 Å². The number of para-hydroxylation sites is 1. The number of fused-ring (bicyclic) bond motifs is 1. The Morgan fingerprint density at radius 3 is 2.56 bits per heavy atom. The van der Waals surface area contributed by atoms with Crippen LogP contribution in [0, 0.1) is 0 Å². The Labute approximate surface area is 149 Å². The van der Waals surface area contributed by atoms with E-state index >= 15 is 0 Å². The second-order valence-corrected chi connectivity index (χ2v) is 7.04. The number of aliphatic hydroxyl groups is 1. The van der Waals surface area contributed by atoms with Gasteiger partial charge in [0.05, 0.1) is 17.7 Å². The van der Waals surface area contributed by atoms with Gasteiger partial charge in [-0.05, 0) is 38.5 Å². The van der Waals surface area contributed by atoms with E-state index in [0.29, 0.717) is 13.1 Å². The summed E-state index contributed by atoms with van der Waals surface area (Å²) in [5.41, 5.74) is 0.998. The molecule has 0 atom stereocenters. The lowest BCUT2D eigenvalue weighted by molar-refractivity contribution is 0.0480. The zero-order chi connectivity index (χ0) is 18.6. The van der Waals surface area contributed by atoms with Gasteiger partial charge >= 0.3 is 6.03 Å². The molecule has 2 rings (SSSR count). The van der Waals surface area contributed by atoms with Crippen molar-refractivity contribution in [3.63, 3.8) is 0 Å². The fourth-order valence-electron chi connectivity index (χ4n) is 2.68. The minimum Gasteiger partial charge on any atom is -0.389 e. The second-order valence-electron chi connectivity index (χ2n) is 7.04. The molecule has 0 unspecified atom stereocenters. The number of likely N-dealkylation sites (N-methyl/N-ethyl adjacent to an activating group) is 1. The normalized spacial score (nSPS) is 11.4. The Hall–Kier alpha value is -2.34. The van der Waals surface area contributed by atoms with Gasteiger partial charge in [0.15, 0.2) is 0 Å². The highest BCUT2D eigenvalue weighted by Crippen LogP contribution is 2.22. The average molecular weight is 344 g/mol. The Kier molecular flexibility index (Phi) is 5.85. The summed E-state index contributed by atoms with van der Waals surface area (Å²) in [5, 5.41) is 13.9. The van der Waals surface area contributed by atoms with Crippen LogP contribution in [-0.4, -0.2) is 53.8 Å². The van der Waals surface area contributed by atoms with Crippen LogP contribution in [0.5, 0.6) is 0 Å². The molecule has 136 valence electrons. The topological polar surface area (TPSA) is 68.7 Å². The number of hydrogen-bond donors (Lipinski definition) is 2. The number of carbonyl (C=O) groups excluding carboxylic acids is 1. The molecule has 6 nitrogen and oxygen atoms in total. The van der Waals surface area contributed by atoms with Gasteiger partial charge in [-0.25, -0.2) is 9.78 Å². The number of urea groups is 1. The van der Waals surface area contributed by atoms with Crippen molar-refractivity contribution in [1.29, 1.82) is 0 Å². The predicted octanol–water partition coefficient (Wildman–Crippen LogP) is 2.60. The maximum atomic E-state index is 12.5. The molecule has 0 aliphatic heterocycles. The van der Waals surface area contributed by atoms with Crippen LogP contribution in [-0.2, 0) is 6.54 Å². The van der Waals surface area contributed by atoms with Gasteiger partial charge in [0, 0.05) is 32.6 Å². The first-order chi connectivity index (χ1) is 11.7. The van der Waals surface area contributed by atoms with E-state index in [1.165, 1.54) is 0 Å². The molecule has 1 aromatic heterocycles. The van der Waals surface area contributed by atoms with Gasteiger partial charge in [0.2, 0.25) is 0 Å². The highest BCUT2D eigenvalue weighted by molar-refractivity contribution is 5.84. The minimum atomic E-state index is -0.922. The molecule has 6 heteroatoms. The van der Waals surface area contributed by atoms with Crippen molar-refractivity contribution in [3.8, 4) is 0 Å². The zero-order valence-electron chi connectivity index (χ0n) is 15.7. The Morgan fingerprint density at radius 1 is 1.28 bits per heavy atom. The number of carbonyl (C=O) groups is 1.